The summed E-state index contributed by atoms with van der Waals surface area (Å²) < 4.78 is 28.5. The van der Waals surface area contributed by atoms with E-state index < -0.39 is 15.9 Å². The van der Waals surface area contributed by atoms with E-state index in [1.807, 2.05) is 36.0 Å². The lowest BCUT2D eigenvalue weighted by Gasteiger charge is -2.33. The van der Waals surface area contributed by atoms with Crippen molar-refractivity contribution >= 4 is 32.7 Å². The van der Waals surface area contributed by atoms with Gasteiger partial charge in [0.15, 0.2) is 9.84 Å². The molecule has 3 atom stereocenters. The Hall–Kier alpha value is -2.88. The van der Waals surface area contributed by atoms with Gasteiger partial charge in [-0.15, -0.1) is 0 Å². The average molecular weight is 458 g/mol. The van der Waals surface area contributed by atoms with Crippen LogP contribution in [0.1, 0.15) is 50.0 Å². The maximum Gasteiger partial charge on any atom is 0.412 e. The number of amides is 1. The molecule has 10 heteroatoms. The zero-order valence-corrected chi connectivity index (χ0v) is 19.0. The second-order valence-electron chi connectivity index (χ2n) is 9.00. The fourth-order valence-corrected chi connectivity index (χ4v) is 6.89. The van der Waals surface area contributed by atoms with Gasteiger partial charge in [0.25, 0.3) is 0 Å². The van der Waals surface area contributed by atoms with E-state index in [-0.39, 0.29) is 29.5 Å². The third kappa shape index (κ3) is 3.46. The number of carboxylic acid groups (broad SMARTS) is 1. The van der Waals surface area contributed by atoms with Crippen LogP contribution in [0.15, 0.2) is 30.6 Å². The van der Waals surface area contributed by atoms with E-state index in [1.54, 1.807) is 6.20 Å². The summed E-state index contributed by atoms with van der Waals surface area (Å²) in [6.07, 6.45) is 4.69. The topological polar surface area (TPSA) is 110 Å². The minimum absolute atomic E-state index is 0.000606. The highest BCUT2D eigenvalue weighted by atomic mass is 32.2. The molecule has 0 bridgehead atoms. The lowest BCUT2D eigenvalue weighted by molar-refractivity contribution is 0.198. The lowest BCUT2D eigenvalue weighted by atomic mass is 9.95. The first-order chi connectivity index (χ1) is 15.2. The molecule has 0 unspecified atom stereocenters. The van der Waals surface area contributed by atoms with Gasteiger partial charge in [-0.3, -0.25) is 9.58 Å². The van der Waals surface area contributed by atoms with Crippen molar-refractivity contribution in [1.29, 1.82) is 0 Å². The van der Waals surface area contributed by atoms with E-state index in [0.717, 1.165) is 35.3 Å². The molecule has 1 amide bonds. The van der Waals surface area contributed by atoms with E-state index in [0.29, 0.717) is 18.7 Å². The molecule has 0 saturated carbocycles. The molecule has 0 radical (unpaired) electrons. The van der Waals surface area contributed by atoms with E-state index in [9.17, 15) is 18.3 Å². The monoisotopic (exact) mass is 457 g/mol. The van der Waals surface area contributed by atoms with E-state index >= 15 is 0 Å². The number of fused-ring (bicyclic) bond motifs is 3. The van der Waals surface area contributed by atoms with Crippen LogP contribution in [0.25, 0.3) is 11.0 Å². The van der Waals surface area contributed by atoms with Crippen LogP contribution in [0.3, 0.4) is 0 Å². The van der Waals surface area contributed by atoms with Gasteiger partial charge in [0.2, 0.25) is 0 Å². The number of imidazole rings is 1. The second-order valence-corrected chi connectivity index (χ2v) is 11.2. The minimum atomic E-state index is -3.08. The maximum atomic E-state index is 12.3. The van der Waals surface area contributed by atoms with Crippen molar-refractivity contribution in [3.05, 3.63) is 42.0 Å². The van der Waals surface area contributed by atoms with Crippen molar-refractivity contribution < 1.29 is 18.3 Å². The van der Waals surface area contributed by atoms with Gasteiger partial charge in [0, 0.05) is 29.9 Å². The Bertz CT molecular complexity index is 1280. The molecule has 0 aliphatic carbocycles. The van der Waals surface area contributed by atoms with Crippen LogP contribution in [0.4, 0.5) is 10.5 Å². The highest BCUT2D eigenvalue weighted by molar-refractivity contribution is 7.91. The Morgan fingerprint density at radius 1 is 1.31 bits per heavy atom. The smallest absolute Gasteiger partial charge is 0.412 e. The van der Waals surface area contributed by atoms with E-state index in [2.05, 4.69) is 16.6 Å². The van der Waals surface area contributed by atoms with Gasteiger partial charge in [0.1, 0.15) is 5.82 Å². The predicted octanol–water partition coefficient (Wildman–Crippen LogP) is 3.22. The van der Waals surface area contributed by atoms with Gasteiger partial charge in [-0.2, -0.15) is 5.10 Å². The summed E-state index contributed by atoms with van der Waals surface area (Å²) in [5.74, 6) is 1.11. The molecule has 1 fully saturated rings. The van der Waals surface area contributed by atoms with Crippen LogP contribution < -0.4 is 4.90 Å². The molecule has 32 heavy (non-hydrogen) atoms. The predicted molar refractivity (Wildman–Crippen MR) is 121 cm³/mol. The molecule has 2 aliphatic rings. The van der Waals surface area contributed by atoms with Crippen LogP contribution >= 0.6 is 0 Å². The summed E-state index contributed by atoms with van der Waals surface area (Å²) in [5, 5.41) is 14.1. The standard InChI is InChI=1S/C22H27N5O4S/c1-14(12-25-10-3-9-23-25)21-24-20-17-5-4-15(2)26(22(28)29)18(17)6-7-19(20)27(21)16-8-11-32(30,31)13-16/h3,6-7,9-10,14-16H,4-5,8,11-13H2,1-2H3,(H,28,29)/t14-,15-,16+/m0/s1. The molecule has 1 saturated heterocycles. The van der Waals surface area contributed by atoms with Crippen molar-refractivity contribution in [3.63, 3.8) is 0 Å². The van der Waals surface area contributed by atoms with Gasteiger partial charge in [-0.05, 0) is 44.4 Å². The molecule has 5 rings (SSSR count). The maximum absolute atomic E-state index is 12.3. The first-order valence-electron chi connectivity index (χ1n) is 11.0. The largest absolute Gasteiger partial charge is 0.465 e. The summed E-state index contributed by atoms with van der Waals surface area (Å²) in [6.45, 7) is 4.61. The van der Waals surface area contributed by atoms with Crippen LogP contribution in [0.5, 0.6) is 0 Å². The number of benzene rings is 1. The van der Waals surface area contributed by atoms with E-state index in [4.69, 9.17) is 4.98 Å². The summed E-state index contributed by atoms with van der Waals surface area (Å²) >= 11 is 0. The number of hydrogen-bond donors (Lipinski definition) is 1. The summed E-state index contributed by atoms with van der Waals surface area (Å²) in [6, 6.07) is 5.36. The summed E-state index contributed by atoms with van der Waals surface area (Å²) in [7, 11) is -3.08. The van der Waals surface area contributed by atoms with Crippen molar-refractivity contribution in [3.8, 4) is 0 Å². The summed E-state index contributed by atoms with van der Waals surface area (Å²) in [4.78, 5) is 18.4. The molecular weight excluding hydrogens is 430 g/mol. The number of rotatable bonds is 4. The number of carbonyl (C=O) groups is 1. The van der Waals surface area contributed by atoms with Crippen molar-refractivity contribution in [1.82, 2.24) is 19.3 Å². The SMILES string of the molecule is C[C@@H](Cn1cccn1)c1nc2c3c(ccc2n1[C@@H]1CCS(=O)(=O)C1)N(C(=O)O)[C@@H](C)CC3. The van der Waals surface area contributed by atoms with Gasteiger partial charge in [0.05, 0.1) is 40.8 Å². The Balaban J connectivity index is 1.67. The van der Waals surface area contributed by atoms with Crippen LogP contribution in [0.2, 0.25) is 0 Å². The normalized spacial score (nSPS) is 23.4. The number of nitrogens with zero attached hydrogens (tertiary/aromatic N) is 5. The van der Waals surface area contributed by atoms with Crippen molar-refractivity contribution in [2.24, 2.45) is 0 Å². The van der Waals surface area contributed by atoms with E-state index in [1.165, 1.54) is 4.90 Å². The molecular formula is C22H27N5O4S. The summed E-state index contributed by atoms with van der Waals surface area (Å²) in [5.41, 5.74) is 3.27. The number of aromatic nitrogens is 4. The Labute approximate surface area is 186 Å². The molecule has 2 aromatic heterocycles. The Kier molecular flexibility index (Phi) is 4.99. The highest BCUT2D eigenvalue weighted by Gasteiger charge is 2.35. The third-order valence-corrected chi connectivity index (χ3v) is 8.47. The number of anilines is 1. The second kappa shape index (κ2) is 7.61. The Morgan fingerprint density at radius 3 is 2.78 bits per heavy atom. The minimum Gasteiger partial charge on any atom is -0.465 e. The van der Waals surface area contributed by atoms with Crippen molar-refractivity contribution in [2.45, 2.75) is 57.7 Å². The van der Waals surface area contributed by atoms with Gasteiger partial charge < -0.3 is 9.67 Å². The fraction of sp³-hybridized carbons (Fsp3) is 0.500. The molecule has 3 aromatic rings. The van der Waals surface area contributed by atoms with Gasteiger partial charge in [-0.1, -0.05) is 6.92 Å². The van der Waals surface area contributed by atoms with Crippen LogP contribution in [0, 0.1) is 0 Å². The zero-order chi connectivity index (χ0) is 22.6. The first-order valence-corrected chi connectivity index (χ1v) is 12.8. The number of sulfone groups is 1. The lowest BCUT2D eigenvalue weighted by Crippen LogP contribution is -2.41. The molecule has 1 N–H and O–H groups in total. The molecule has 170 valence electrons. The fourth-order valence-electron chi connectivity index (χ4n) is 5.19. The molecule has 0 spiro atoms. The number of hydrogen-bond acceptors (Lipinski definition) is 5. The average Bonchev–Trinajstić information content (AvgIpc) is 3.45. The Morgan fingerprint density at radius 2 is 2.12 bits per heavy atom. The first kappa shape index (κ1) is 21.0. The highest BCUT2D eigenvalue weighted by Crippen LogP contribution is 2.39. The van der Waals surface area contributed by atoms with Gasteiger partial charge >= 0.3 is 6.09 Å². The zero-order valence-electron chi connectivity index (χ0n) is 18.2. The van der Waals surface area contributed by atoms with Crippen LogP contribution in [-0.2, 0) is 22.8 Å². The van der Waals surface area contributed by atoms with Crippen LogP contribution in [-0.4, -0.2) is 56.5 Å². The number of aryl methyl sites for hydroxylation is 1. The molecule has 2 aliphatic heterocycles. The van der Waals surface area contributed by atoms with Gasteiger partial charge in [-0.25, -0.2) is 18.2 Å². The third-order valence-electron chi connectivity index (χ3n) is 6.72. The quantitative estimate of drug-likeness (QED) is 0.644. The molecule has 1 aromatic carbocycles. The van der Waals surface area contributed by atoms with Crippen molar-refractivity contribution in [2.75, 3.05) is 16.4 Å². The molecule has 4 heterocycles. The molecule has 9 nitrogen and oxygen atoms in total.